The van der Waals surface area contributed by atoms with E-state index in [0.29, 0.717) is 6.54 Å². The standard InChI is InChI=1S/C20H27N3O.HI/c1-4-21-20(23-15-18-10-6-5-8-16(18)2)22-13-12-17-9-7-11-19(14-17)24-3;/h5-11,14H,4,12-13,15H2,1-3H3,(H2,21,22,23);1H. The topological polar surface area (TPSA) is 45.7 Å². The summed E-state index contributed by atoms with van der Waals surface area (Å²) in [5, 5.41) is 6.69. The van der Waals surface area contributed by atoms with Crippen LogP contribution in [0, 0.1) is 6.92 Å². The van der Waals surface area contributed by atoms with E-state index in [1.54, 1.807) is 7.11 Å². The van der Waals surface area contributed by atoms with Gasteiger partial charge < -0.3 is 15.4 Å². The normalized spacial score (nSPS) is 10.8. The second-order valence-corrected chi connectivity index (χ2v) is 5.65. The molecule has 0 aromatic heterocycles. The lowest BCUT2D eigenvalue weighted by atomic mass is 10.1. The number of ether oxygens (including phenoxy) is 1. The van der Waals surface area contributed by atoms with Crippen molar-refractivity contribution in [3.05, 3.63) is 65.2 Å². The van der Waals surface area contributed by atoms with Gasteiger partial charge in [-0.25, -0.2) is 4.99 Å². The fourth-order valence-electron chi connectivity index (χ4n) is 2.45. The van der Waals surface area contributed by atoms with Gasteiger partial charge in [-0.3, -0.25) is 0 Å². The van der Waals surface area contributed by atoms with Gasteiger partial charge in [-0.1, -0.05) is 36.4 Å². The van der Waals surface area contributed by atoms with Crippen LogP contribution in [0.25, 0.3) is 0 Å². The summed E-state index contributed by atoms with van der Waals surface area (Å²) in [5.41, 5.74) is 3.77. The van der Waals surface area contributed by atoms with E-state index in [1.165, 1.54) is 16.7 Å². The summed E-state index contributed by atoms with van der Waals surface area (Å²) in [5.74, 6) is 1.75. The molecular formula is C20H28IN3O. The molecule has 2 aromatic rings. The Morgan fingerprint density at radius 1 is 1.08 bits per heavy atom. The van der Waals surface area contributed by atoms with Gasteiger partial charge in [0.25, 0.3) is 0 Å². The van der Waals surface area contributed by atoms with E-state index in [1.807, 2.05) is 12.1 Å². The van der Waals surface area contributed by atoms with Crippen LogP contribution in [0.5, 0.6) is 5.75 Å². The van der Waals surface area contributed by atoms with E-state index < -0.39 is 0 Å². The molecule has 0 bridgehead atoms. The van der Waals surface area contributed by atoms with Crippen molar-refractivity contribution >= 4 is 29.9 Å². The van der Waals surface area contributed by atoms with E-state index in [4.69, 9.17) is 4.74 Å². The Morgan fingerprint density at radius 2 is 1.88 bits per heavy atom. The number of aryl methyl sites for hydroxylation is 1. The minimum Gasteiger partial charge on any atom is -0.497 e. The predicted octanol–water partition coefficient (Wildman–Crippen LogP) is 3.92. The Labute approximate surface area is 168 Å². The molecule has 0 spiro atoms. The molecular weight excluding hydrogens is 425 g/mol. The summed E-state index contributed by atoms with van der Waals surface area (Å²) in [4.78, 5) is 4.68. The predicted molar refractivity (Wildman–Crippen MR) is 116 cm³/mol. The molecule has 0 aliphatic rings. The maximum Gasteiger partial charge on any atom is 0.191 e. The molecule has 0 amide bonds. The highest BCUT2D eigenvalue weighted by atomic mass is 127. The maximum absolute atomic E-state index is 5.26. The van der Waals surface area contributed by atoms with Gasteiger partial charge >= 0.3 is 0 Å². The molecule has 0 radical (unpaired) electrons. The Bertz CT molecular complexity index is 673. The van der Waals surface area contributed by atoms with Crippen molar-refractivity contribution in [2.75, 3.05) is 20.2 Å². The molecule has 0 fully saturated rings. The van der Waals surface area contributed by atoms with Crippen LogP contribution in [-0.2, 0) is 13.0 Å². The summed E-state index contributed by atoms with van der Waals surface area (Å²) in [6.07, 6.45) is 0.923. The van der Waals surface area contributed by atoms with Crippen LogP contribution in [0.15, 0.2) is 53.5 Å². The van der Waals surface area contributed by atoms with Gasteiger partial charge in [0.05, 0.1) is 13.7 Å². The zero-order chi connectivity index (χ0) is 17.2. The van der Waals surface area contributed by atoms with Crippen molar-refractivity contribution in [1.82, 2.24) is 10.6 Å². The van der Waals surface area contributed by atoms with Crippen LogP contribution in [0.4, 0.5) is 0 Å². The van der Waals surface area contributed by atoms with E-state index >= 15 is 0 Å². The second kappa shape index (κ2) is 11.7. The molecule has 136 valence electrons. The summed E-state index contributed by atoms with van der Waals surface area (Å²) in [7, 11) is 1.69. The molecule has 0 aliphatic heterocycles. The van der Waals surface area contributed by atoms with Gasteiger partial charge in [-0.15, -0.1) is 24.0 Å². The highest BCUT2D eigenvalue weighted by Crippen LogP contribution is 2.12. The average Bonchev–Trinajstić information content (AvgIpc) is 2.61. The monoisotopic (exact) mass is 453 g/mol. The van der Waals surface area contributed by atoms with Gasteiger partial charge in [0.2, 0.25) is 0 Å². The van der Waals surface area contributed by atoms with Crippen molar-refractivity contribution in [2.24, 2.45) is 4.99 Å². The van der Waals surface area contributed by atoms with Crippen molar-refractivity contribution in [2.45, 2.75) is 26.8 Å². The largest absolute Gasteiger partial charge is 0.497 e. The number of nitrogens with one attached hydrogen (secondary N) is 2. The number of hydrogen-bond donors (Lipinski definition) is 2. The Hall–Kier alpha value is -1.76. The van der Waals surface area contributed by atoms with Gasteiger partial charge in [-0.2, -0.15) is 0 Å². The molecule has 5 heteroatoms. The Kier molecular flexibility index (Phi) is 9.99. The first-order valence-electron chi connectivity index (χ1n) is 8.42. The van der Waals surface area contributed by atoms with Crippen LogP contribution in [0.2, 0.25) is 0 Å². The first-order chi connectivity index (χ1) is 11.7. The molecule has 2 aromatic carbocycles. The van der Waals surface area contributed by atoms with E-state index in [0.717, 1.165) is 31.2 Å². The third kappa shape index (κ3) is 7.34. The Morgan fingerprint density at radius 3 is 2.60 bits per heavy atom. The Balaban J connectivity index is 0.00000312. The number of guanidine groups is 1. The minimum atomic E-state index is 0. The number of halogens is 1. The van der Waals surface area contributed by atoms with Crippen molar-refractivity contribution in [3.8, 4) is 5.75 Å². The number of hydrogen-bond acceptors (Lipinski definition) is 2. The fraction of sp³-hybridized carbons (Fsp3) is 0.350. The van der Waals surface area contributed by atoms with Gasteiger partial charge in [0.15, 0.2) is 5.96 Å². The van der Waals surface area contributed by atoms with E-state index in [-0.39, 0.29) is 24.0 Å². The van der Waals surface area contributed by atoms with Crippen LogP contribution in [-0.4, -0.2) is 26.2 Å². The zero-order valence-electron chi connectivity index (χ0n) is 15.2. The number of benzene rings is 2. The second-order valence-electron chi connectivity index (χ2n) is 5.65. The van der Waals surface area contributed by atoms with Crippen LogP contribution in [0.3, 0.4) is 0 Å². The minimum absolute atomic E-state index is 0. The highest BCUT2D eigenvalue weighted by Gasteiger charge is 2.01. The highest BCUT2D eigenvalue weighted by molar-refractivity contribution is 14.0. The molecule has 0 saturated heterocycles. The van der Waals surface area contributed by atoms with Gasteiger partial charge in [-0.05, 0) is 49.1 Å². The first-order valence-corrected chi connectivity index (χ1v) is 8.42. The molecule has 2 N–H and O–H groups in total. The molecule has 0 heterocycles. The van der Waals surface area contributed by atoms with Crippen LogP contribution >= 0.6 is 24.0 Å². The molecule has 0 saturated carbocycles. The summed E-state index contributed by atoms with van der Waals surface area (Å²) in [6, 6.07) is 16.5. The molecule has 4 nitrogen and oxygen atoms in total. The number of methoxy groups -OCH3 is 1. The summed E-state index contributed by atoms with van der Waals surface area (Å²) in [6.45, 7) is 6.55. The third-order valence-corrected chi connectivity index (χ3v) is 3.85. The summed E-state index contributed by atoms with van der Waals surface area (Å²) < 4.78 is 5.26. The maximum atomic E-state index is 5.26. The van der Waals surface area contributed by atoms with E-state index in [9.17, 15) is 0 Å². The van der Waals surface area contributed by atoms with Crippen molar-refractivity contribution in [3.63, 3.8) is 0 Å². The van der Waals surface area contributed by atoms with Gasteiger partial charge in [0.1, 0.15) is 5.75 Å². The number of aliphatic imine (C=N–C) groups is 1. The molecule has 25 heavy (non-hydrogen) atoms. The lowest BCUT2D eigenvalue weighted by Gasteiger charge is -2.12. The lowest BCUT2D eigenvalue weighted by Crippen LogP contribution is -2.38. The number of nitrogens with zero attached hydrogens (tertiary/aromatic N) is 1. The molecule has 0 atom stereocenters. The SMILES string of the molecule is CCNC(=NCc1ccccc1C)NCCc1cccc(OC)c1.I. The summed E-state index contributed by atoms with van der Waals surface area (Å²) >= 11 is 0. The lowest BCUT2D eigenvalue weighted by molar-refractivity contribution is 0.414. The fourth-order valence-corrected chi connectivity index (χ4v) is 2.45. The molecule has 0 unspecified atom stereocenters. The number of rotatable bonds is 7. The van der Waals surface area contributed by atoms with Crippen molar-refractivity contribution in [1.29, 1.82) is 0 Å². The van der Waals surface area contributed by atoms with Crippen LogP contribution < -0.4 is 15.4 Å². The van der Waals surface area contributed by atoms with Crippen LogP contribution in [0.1, 0.15) is 23.6 Å². The zero-order valence-corrected chi connectivity index (χ0v) is 17.5. The quantitative estimate of drug-likeness (QED) is 0.380. The average molecular weight is 453 g/mol. The molecule has 2 rings (SSSR count). The van der Waals surface area contributed by atoms with E-state index in [2.05, 4.69) is 65.9 Å². The third-order valence-electron chi connectivity index (χ3n) is 3.85. The van der Waals surface area contributed by atoms with Gasteiger partial charge in [0, 0.05) is 13.1 Å². The first kappa shape index (κ1) is 21.3. The molecule has 0 aliphatic carbocycles. The smallest absolute Gasteiger partial charge is 0.191 e. The van der Waals surface area contributed by atoms with Crippen molar-refractivity contribution < 1.29 is 4.74 Å².